The largest absolute Gasteiger partial charge is 0.369 e. The Morgan fingerprint density at radius 3 is 1.93 bits per heavy atom. The number of nitro groups is 1. The summed E-state index contributed by atoms with van der Waals surface area (Å²) in [4.78, 5) is 39.4. The Labute approximate surface area is 271 Å². The lowest BCUT2D eigenvalue weighted by molar-refractivity contribution is -0.384. The van der Waals surface area contributed by atoms with E-state index in [1.54, 1.807) is 60.7 Å². The van der Waals surface area contributed by atoms with Crippen molar-refractivity contribution < 1.29 is 22.9 Å². The van der Waals surface area contributed by atoms with Gasteiger partial charge in [-0.2, -0.15) is 0 Å². The van der Waals surface area contributed by atoms with Crippen molar-refractivity contribution in [2.45, 2.75) is 58.0 Å². The average Bonchev–Trinajstić information content (AvgIpc) is 2.96. The molecule has 234 valence electrons. The molecule has 3 aromatic rings. The Balaban J connectivity index is 1.89. The summed E-state index contributed by atoms with van der Waals surface area (Å²) in [6.07, 6.45) is 3.42. The molecular weight excluding hydrogens is 658 g/mol. The molecule has 0 amide bonds. The zero-order valence-electron chi connectivity index (χ0n) is 25.8. The molecule has 45 heavy (non-hydrogen) atoms. The number of para-hydroxylation sites is 2. The van der Waals surface area contributed by atoms with Crippen molar-refractivity contribution in [3.8, 4) is 0 Å². The van der Waals surface area contributed by atoms with Crippen LogP contribution < -0.4 is 9.62 Å². The number of hydrogen-bond acceptors (Lipinski definition) is 7. The fraction of sp³-hybridized carbons (Fsp3) is 0.294. The molecule has 1 heterocycles. The maximum Gasteiger partial charge on any atom is 0.269 e. The van der Waals surface area contributed by atoms with Crippen LogP contribution in [0.15, 0.2) is 105 Å². The second kappa shape index (κ2) is 11.1. The smallest absolute Gasteiger partial charge is 0.269 e. The molecule has 3 aromatic carbocycles. The third-order valence-corrected chi connectivity index (χ3v) is 10.4. The van der Waals surface area contributed by atoms with Gasteiger partial charge >= 0.3 is 0 Å². The lowest BCUT2D eigenvalue weighted by Gasteiger charge is -2.50. The van der Waals surface area contributed by atoms with Crippen molar-refractivity contribution in [1.82, 2.24) is 0 Å². The minimum absolute atomic E-state index is 0.166. The number of nitrogens with one attached hydrogen (secondary N) is 1. The second-order valence-electron chi connectivity index (χ2n) is 13.3. The summed E-state index contributed by atoms with van der Waals surface area (Å²) < 4.78 is 31.3. The number of halogens is 1. The number of allylic oxidation sites excluding steroid dienone is 2. The number of rotatable bonds is 5. The monoisotopic (exact) mass is 691 g/mol. The number of nitro benzene ring substituents is 1. The summed E-state index contributed by atoms with van der Waals surface area (Å²) in [6, 6.07) is 16.6. The highest BCUT2D eigenvalue weighted by atomic mass is 79.9. The third kappa shape index (κ3) is 5.75. The van der Waals surface area contributed by atoms with Gasteiger partial charge in [0.25, 0.3) is 15.7 Å². The molecule has 0 bridgehead atoms. The van der Waals surface area contributed by atoms with Gasteiger partial charge in [-0.05, 0) is 59.4 Å². The Morgan fingerprint density at radius 1 is 0.889 bits per heavy atom. The normalized spacial score (nSPS) is 18.1. The van der Waals surface area contributed by atoms with Crippen LogP contribution in [0.3, 0.4) is 0 Å². The van der Waals surface area contributed by atoms with Crippen LogP contribution in [-0.4, -0.2) is 36.5 Å². The molecule has 9 nitrogen and oxygen atoms in total. The van der Waals surface area contributed by atoms with Crippen molar-refractivity contribution >= 4 is 54.6 Å². The zero-order chi connectivity index (χ0) is 33.1. The van der Waals surface area contributed by atoms with Crippen LogP contribution in [-0.2, 0) is 14.8 Å². The van der Waals surface area contributed by atoms with E-state index in [-0.39, 0.29) is 27.6 Å². The number of ketones is 2. The lowest BCUT2D eigenvalue weighted by atomic mass is 9.66. The molecule has 1 spiro atoms. The zero-order valence-corrected chi connectivity index (χ0v) is 28.2. The van der Waals surface area contributed by atoms with E-state index < -0.39 is 43.1 Å². The molecule has 1 aliphatic carbocycles. The highest BCUT2D eigenvalue weighted by Gasteiger charge is 2.55. The van der Waals surface area contributed by atoms with Gasteiger partial charge in [0.05, 0.1) is 21.2 Å². The molecule has 0 radical (unpaired) electrons. The van der Waals surface area contributed by atoms with Gasteiger partial charge in [-0.1, -0.05) is 81.7 Å². The number of nitrogens with zero attached hydrogens (tertiary/aromatic N) is 2. The van der Waals surface area contributed by atoms with Gasteiger partial charge in [-0.25, -0.2) is 8.42 Å². The standard InChI is InChI=1S/C34H34BrN3O6S/c1-32(2,3)25-19-34(20-26(30(25)40)33(4,5)6)31(29(39)21-11-13-22(35)14-12-21)37(28-10-8-7-9-27(28)36-34)45(43,44)24-17-15-23(16-18-24)38(41)42/h7-20,31,36H,1-6H3. The molecule has 5 rings (SSSR count). The van der Waals surface area contributed by atoms with E-state index in [4.69, 9.17) is 0 Å². The van der Waals surface area contributed by atoms with Gasteiger partial charge in [-0.15, -0.1) is 0 Å². The first-order valence-electron chi connectivity index (χ1n) is 14.3. The molecule has 2 aliphatic rings. The van der Waals surface area contributed by atoms with Crippen molar-refractivity contribution in [3.05, 3.63) is 116 Å². The lowest BCUT2D eigenvalue weighted by Crippen LogP contribution is -2.65. The van der Waals surface area contributed by atoms with Crippen LogP contribution >= 0.6 is 15.9 Å². The van der Waals surface area contributed by atoms with Crippen molar-refractivity contribution in [2.75, 3.05) is 9.62 Å². The van der Waals surface area contributed by atoms with Gasteiger partial charge < -0.3 is 5.32 Å². The summed E-state index contributed by atoms with van der Waals surface area (Å²) in [7, 11) is -4.53. The molecule has 0 saturated carbocycles. The van der Waals surface area contributed by atoms with Gasteiger partial charge in [-0.3, -0.25) is 24.0 Å². The van der Waals surface area contributed by atoms with E-state index in [1.165, 1.54) is 12.1 Å². The van der Waals surface area contributed by atoms with Crippen molar-refractivity contribution in [1.29, 1.82) is 0 Å². The Morgan fingerprint density at radius 2 is 1.42 bits per heavy atom. The van der Waals surface area contributed by atoms with Crippen LogP contribution in [0.25, 0.3) is 0 Å². The first kappa shape index (κ1) is 32.3. The van der Waals surface area contributed by atoms with Gasteiger partial charge in [0.15, 0.2) is 11.6 Å². The van der Waals surface area contributed by atoms with E-state index in [2.05, 4.69) is 21.2 Å². The number of anilines is 2. The second-order valence-corrected chi connectivity index (χ2v) is 16.1. The minimum atomic E-state index is -4.53. The van der Waals surface area contributed by atoms with Crippen LogP contribution in [0.5, 0.6) is 0 Å². The van der Waals surface area contributed by atoms with Gasteiger partial charge in [0, 0.05) is 33.3 Å². The summed E-state index contributed by atoms with van der Waals surface area (Å²) >= 11 is 3.40. The summed E-state index contributed by atoms with van der Waals surface area (Å²) in [6.45, 7) is 11.4. The summed E-state index contributed by atoms with van der Waals surface area (Å²) in [5, 5.41) is 14.8. The predicted octanol–water partition coefficient (Wildman–Crippen LogP) is 7.50. The van der Waals surface area contributed by atoms with E-state index in [9.17, 15) is 28.1 Å². The number of sulfonamides is 1. The molecular formula is C34H34BrN3O6S. The maximum absolute atomic E-state index is 14.8. The van der Waals surface area contributed by atoms with Crippen molar-refractivity contribution in [3.63, 3.8) is 0 Å². The Hall–Kier alpha value is -4.09. The van der Waals surface area contributed by atoms with Crippen LogP contribution in [0, 0.1) is 20.9 Å². The molecule has 1 unspecified atom stereocenters. The van der Waals surface area contributed by atoms with E-state index in [0.29, 0.717) is 16.8 Å². The van der Waals surface area contributed by atoms with E-state index >= 15 is 0 Å². The number of hydrogen-bond donors (Lipinski definition) is 1. The molecule has 11 heteroatoms. The first-order chi connectivity index (χ1) is 20.9. The SMILES string of the molecule is CC(C)(C)C1=CC2(C=C(C(C)(C)C)C1=O)Nc1ccccc1N(S(=O)(=O)c1ccc([N+](=O)[O-])cc1)C2C(=O)c1ccc(Br)cc1. The molecule has 0 aromatic heterocycles. The molecule has 1 atom stereocenters. The summed E-state index contributed by atoms with van der Waals surface area (Å²) in [5.74, 6) is -0.667. The molecule has 1 N–H and O–H groups in total. The number of carbonyl (C=O) groups excluding carboxylic acids is 2. The van der Waals surface area contributed by atoms with Gasteiger partial charge in [0.2, 0.25) is 0 Å². The minimum Gasteiger partial charge on any atom is -0.369 e. The number of fused-ring (bicyclic) bond motifs is 1. The average molecular weight is 693 g/mol. The number of benzene rings is 3. The fourth-order valence-electron chi connectivity index (χ4n) is 5.76. The summed E-state index contributed by atoms with van der Waals surface area (Å²) in [5.41, 5.74) is -1.24. The van der Waals surface area contributed by atoms with Crippen LogP contribution in [0.4, 0.5) is 17.1 Å². The fourth-order valence-corrected chi connectivity index (χ4v) is 7.70. The number of non-ortho nitro benzene ring substituents is 1. The Kier molecular flexibility index (Phi) is 7.94. The highest BCUT2D eigenvalue weighted by Crippen LogP contribution is 2.49. The van der Waals surface area contributed by atoms with Crippen LogP contribution in [0.1, 0.15) is 51.9 Å². The first-order valence-corrected chi connectivity index (χ1v) is 16.6. The number of carbonyl (C=O) groups is 2. The molecule has 0 saturated heterocycles. The highest BCUT2D eigenvalue weighted by molar-refractivity contribution is 9.10. The maximum atomic E-state index is 14.8. The number of Topliss-reactive ketones (excluding diaryl/α,β-unsaturated/α-hetero) is 2. The van der Waals surface area contributed by atoms with E-state index in [0.717, 1.165) is 20.9 Å². The topological polar surface area (TPSA) is 127 Å². The van der Waals surface area contributed by atoms with Crippen LogP contribution in [0.2, 0.25) is 0 Å². The Bertz CT molecular complexity index is 1850. The van der Waals surface area contributed by atoms with Crippen molar-refractivity contribution in [2.24, 2.45) is 10.8 Å². The quantitative estimate of drug-likeness (QED) is 0.167. The van der Waals surface area contributed by atoms with E-state index in [1.807, 2.05) is 41.5 Å². The third-order valence-electron chi connectivity index (χ3n) is 8.03. The molecule has 1 aliphatic heterocycles. The molecule has 0 fully saturated rings. The van der Waals surface area contributed by atoms with Gasteiger partial charge in [0.1, 0.15) is 11.6 Å². The predicted molar refractivity (Wildman–Crippen MR) is 178 cm³/mol.